The Labute approximate surface area is 229 Å². The standard InChI is InChI=1S/C21H42O3.C10H20O3/c1-7-11-13-17(9-3)15-19(21(5,6)20(22)24-23)16-18(10-4)14-12-8-2;1-2-3-4-5-6-7-8-9-10(11)13-12/h17-19,23H,7-16H2,1-6H3;12H,2-9H2,1H3. The Bertz CT molecular complexity index is 516. The predicted molar refractivity (Wildman–Crippen MR) is 153 cm³/mol. The summed E-state index contributed by atoms with van der Waals surface area (Å²) in [5.74, 6) is 0.575. The lowest BCUT2D eigenvalue weighted by molar-refractivity contribution is -0.247. The molecule has 0 fully saturated rings. The molecular formula is C31H62O6. The van der Waals surface area contributed by atoms with Crippen molar-refractivity contribution in [2.24, 2.45) is 23.2 Å². The number of carbonyl (C=O) groups excluding carboxylic acids is 2. The molecule has 6 heteroatoms. The molecule has 0 spiro atoms. The lowest BCUT2D eigenvalue weighted by Gasteiger charge is -2.36. The highest BCUT2D eigenvalue weighted by Gasteiger charge is 2.40. The second-order valence-electron chi connectivity index (χ2n) is 11.4. The van der Waals surface area contributed by atoms with Gasteiger partial charge in [0.2, 0.25) is 0 Å². The van der Waals surface area contributed by atoms with Crippen LogP contribution >= 0.6 is 0 Å². The molecule has 2 atom stereocenters. The lowest BCUT2D eigenvalue weighted by Crippen LogP contribution is -2.36. The summed E-state index contributed by atoms with van der Waals surface area (Å²) in [5.41, 5.74) is -0.631. The van der Waals surface area contributed by atoms with E-state index in [9.17, 15) is 9.59 Å². The first-order valence-electron chi connectivity index (χ1n) is 15.4. The minimum absolute atomic E-state index is 0.265. The van der Waals surface area contributed by atoms with Gasteiger partial charge in [0.1, 0.15) is 0 Å². The quantitative estimate of drug-likeness (QED) is 0.0821. The van der Waals surface area contributed by atoms with Crippen molar-refractivity contribution < 1.29 is 29.9 Å². The molecule has 0 heterocycles. The summed E-state index contributed by atoms with van der Waals surface area (Å²) < 4.78 is 0. The zero-order valence-corrected chi connectivity index (χ0v) is 25.5. The van der Waals surface area contributed by atoms with Gasteiger partial charge in [-0.15, -0.1) is 0 Å². The fourth-order valence-electron chi connectivity index (χ4n) is 5.01. The highest BCUT2D eigenvalue weighted by molar-refractivity contribution is 5.75. The van der Waals surface area contributed by atoms with Gasteiger partial charge in [0.25, 0.3) is 0 Å². The van der Waals surface area contributed by atoms with Gasteiger partial charge in [0.05, 0.1) is 5.41 Å². The monoisotopic (exact) mass is 530 g/mol. The molecule has 0 bridgehead atoms. The summed E-state index contributed by atoms with van der Waals surface area (Å²) in [6.45, 7) is 15.0. The zero-order valence-electron chi connectivity index (χ0n) is 25.5. The van der Waals surface area contributed by atoms with Crippen LogP contribution in [0.4, 0.5) is 0 Å². The maximum absolute atomic E-state index is 12.2. The second-order valence-corrected chi connectivity index (χ2v) is 11.4. The van der Waals surface area contributed by atoms with E-state index in [1.54, 1.807) is 0 Å². The van der Waals surface area contributed by atoms with Crippen LogP contribution in [0.2, 0.25) is 0 Å². The summed E-state index contributed by atoms with van der Waals surface area (Å²) in [6, 6.07) is 0. The van der Waals surface area contributed by atoms with E-state index in [4.69, 9.17) is 10.5 Å². The van der Waals surface area contributed by atoms with Crippen LogP contribution in [-0.4, -0.2) is 22.5 Å². The van der Waals surface area contributed by atoms with Gasteiger partial charge in [-0.3, -0.25) is 0 Å². The highest BCUT2D eigenvalue weighted by Crippen LogP contribution is 2.40. The molecule has 0 radical (unpaired) electrons. The van der Waals surface area contributed by atoms with Gasteiger partial charge in [-0.25, -0.2) is 9.59 Å². The van der Waals surface area contributed by atoms with Gasteiger partial charge in [-0.1, -0.05) is 125 Å². The SMILES string of the molecule is CCCCC(CC)CC(CC(CC)CCCC)C(C)(C)C(=O)OO.CCCCCCCCCC(=O)OO. The Morgan fingerprint density at radius 2 is 1.08 bits per heavy atom. The molecule has 0 aliphatic heterocycles. The van der Waals surface area contributed by atoms with Gasteiger partial charge in [-0.2, -0.15) is 10.5 Å². The van der Waals surface area contributed by atoms with Crippen molar-refractivity contribution in [3.05, 3.63) is 0 Å². The number of carbonyl (C=O) groups is 2. The Morgan fingerprint density at radius 3 is 1.46 bits per heavy atom. The largest absolute Gasteiger partial charge is 0.347 e. The molecule has 0 amide bonds. The van der Waals surface area contributed by atoms with Crippen LogP contribution < -0.4 is 0 Å². The molecule has 0 aromatic rings. The molecule has 0 saturated heterocycles. The molecule has 0 rings (SSSR count). The van der Waals surface area contributed by atoms with Crippen molar-refractivity contribution in [2.45, 2.75) is 164 Å². The van der Waals surface area contributed by atoms with Crippen LogP contribution in [0.1, 0.15) is 164 Å². The molecule has 222 valence electrons. The van der Waals surface area contributed by atoms with Crippen molar-refractivity contribution in [1.82, 2.24) is 0 Å². The number of unbranched alkanes of at least 4 members (excludes halogenated alkanes) is 8. The van der Waals surface area contributed by atoms with Crippen LogP contribution in [0.5, 0.6) is 0 Å². The smallest absolute Gasteiger partial charge is 0.301 e. The van der Waals surface area contributed by atoms with Gasteiger partial charge >= 0.3 is 11.9 Å². The van der Waals surface area contributed by atoms with Crippen LogP contribution in [0.3, 0.4) is 0 Å². The summed E-state index contributed by atoms with van der Waals surface area (Å²) in [4.78, 5) is 30.4. The van der Waals surface area contributed by atoms with E-state index in [1.807, 2.05) is 13.8 Å². The molecule has 0 aromatic heterocycles. The van der Waals surface area contributed by atoms with Crippen LogP contribution in [-0.2, 0) is 19.4 Å². The first-order chi connectivity index (χ1) is 17.7. The summed E-state index contributed by atoms with van der Waals surface area (Å²) in [7, 11) is 0. The van der Waals surface area contributed by atoms with E-state index >= 15 is 0 Å². The van der Waals surface area contributed by atoms with Crippen LogP contribution in [0.15, 0.2) is 0 Å². The first-order valence-corrected chi connectivity index (χ1v) is 15.4. The summed E-state index contributed by atoms with van der Waals surface area (Å²) in [6.07, 6.45) is 20.4. The fraction of sp³-hybridized carbons (Fsp3) is 0.935. The molecule has 0 aliphatic rings. The molecule has 2 N–H and O–H groups in total. The maximum Gasteiger partial charge on any atom is 0.347 e. The molecular weight excluding hydrogens is 468 g/mol. The maximum atomic E-state index is 12.2. The first kappa shape index (κ1) is 38.0. The summed E-state index contributed by atoms with van der Waals surface area (Å²) >= 11 is 0. The van der Waals surface area contributed by atoms with Crippen molar-refractivity contribution >= 4 is 11.9 Å². The molecule has 0 aliphatic carbocycles. The highest BCUT2D eigenvalue weighted by atomic mass is 17.1. The van der Waals surface area contributed by atoms with E-state index in [1.165, 1.54) is 70.6 Å². The zero-order chi connectivity index (χ0) is 28.5. The van der Waals surface area contributed by atoms with E-state index in [2.05, 4.69) is 44.4 Å². The van der Waals surface area contributed by atoms with E-state index in [-0.39, 0.29) is 5.92 Å². The lowest BCUT2D eigenvalue weighted by atomic mass is 9.68. The second kappa shape index (κ2) is 25.2. The van der Waals surface area contributed by atoms with Gasteiger partial charge in [0, 0.05) is 6.42 Å². The van der Waals surface area contributed by atoms with Crippen LogP contribution in [0.25, 0.3) is 0 Å². The number of hydrogen-bond donors (Lipinski definition) is 2. The van der Waals surface area contributed by atoms with E-state index < -0.39 is 17.4 Å². The number of hydrogen-bond acceptors (Lipinski definition) is 6. The minimum atomic E-state index is -0.631. The molecule has 37 heavy (non-hydrogen) atoms. The third-order valence-corrected chi connectivity index (χ3v) is 8.04. The van der Waals surface area contributed by atoms with E-state index in [0.29, 0.717) is 18.3 Å². The van der Waals surface area contributed by atoms with Crippen LogP contribution in [0, 0.1) is 23.2 Å². The number of rotatable bonds is 22. The van der Waals surface area contributed by atoms with Gasteiger partial charge in [0.15, 0.2) is 0 Å². The Kier molecular flexibility index (Phi) is 25.8. The normalized spacial score (nSPS) is 13.8. The Morgan fingerprint density at radius 1 is 0.649 bits per heavy atom. The van der Waals surface area contributed by atoms with Crippen molar-refractivity contribution in [3.63, 3.8) is 0 Å². The molecule has 6 nitrogen and oxygen atoms in total. The average Bonchev–Trinajstić information content (AvgIpc) is 2.91. The molecule has 2 unspecified atom stereocenters. The Hall–Kier alpha value is -1.14. The Balaban J connectivity index is 0. The van der Waals surface area contributed by atoms with Gasteiger partial charge < -0.3 is 9.78 Å². The fourth-order valence-corrected chi connectivity index (χ4v) is 5.01. The third kappa shape index (κ3) is 19.6. The minimum Gasteiger partial charge on any atom is -0.301 e. The molecule has 0 aromatic carbocycles. The van der Waals surface area contributed by atoms with Crippen molar-refractivity contribution in [3.8, 4) is 0 Å². The van der Waals surface area contributed by atoms with Gasteiger partial charge in [-0.05, 0) is 50.9 Å². The van der Waals surface area contributed by atoms with Crippen molar-refractivity contribution in [1.29, 1.82) is 0 Å². The molecule has 0 saturated carbocycles. The average molecular weight is 531 g/mol. The van der Waals surface area contributed by atoms with Crippen molar-refractivity contribution in [2.75, 3.05) is 0 Å². The summed E-state index contributed by atoms with van der Waals surface area (Å²) in [5, 5.41) is 16.9. The topological polar surface area (TPSA) is 93.1 Å². The third-order valence-electron chi connectivity index (χ3n) is 8.04. The van der Waals surface area contributed by atoms with E-state index in [0.717, 1.165) is 38.5 Å². The predicted octanol–water partition coefficient (Wildman–Crippen LogP) is 10.0.